The van der Waals surface area contributed by atoms with Gasteiger partial charge in [0.15, 0.2) is 0 Å². The second kappa shape index (κ2) is 5.16. The van der Waals surface area contributed by atoms with Gasteiger partial charge in [0.25, 0.3) is 9.05 Å². The summed E-state index contributed by atoms with van der Waals surface area (Å²) in [6, 6.07) is 0. The summed E-state index contributed by atoms with van der Waals surface area (Å²) in [7, 11) is 1.21. The van der Waals surface area contributed by atoms with Gasteiger partial charge in [-0.05, 0) is 12.5 Å². The number of allylic oxidation sites excluding steroid dienone is 2. The second-order valence-electron chi connectivity index (χ2n) is 4.06. The second-order valence-corrected chi connectivity index (χ2v) is 6.77. The van der Waals surface area contributed by atoms with Gasteiger partial charge in [-0.15, -0.1) is 0 Å². The first-order chi connectivity index (χ1) is 8.48. The van der Waals surface area contributed by atoms with Gasteiger partial charge >= 0.3 is 12.1 Å². The van der Waals surface area contributed by atoms with E-state index in [9.17, 15) is 26.4 Å². The lowest BCUT2D eigenvalue weighted by molar-refractivity contribution is -0.190. The molecule has 0 N–H and O–H groups in total. The smallest absolute Gasteiger partial charge is 0.334 e. The zero-order chi connectivity index (χ0) is 15.0. The SMILES string of the molecule is C=C/C(=C(\C)S(=O)(=O)Cl)C1CN(C(=O)C(F)(F)F)C1. The molecule has 0 aromatic rings. The van der Waals surface area contributed by atoms with E-state index in [1.54, 1.807) is 0 Å². The first-order valence-corrected chi connectivity index (χ1v) is 7.43. The minimum absolute atomic E-state index is 0.159. The molecule has 19 heavy (non-hydrogen) atoms. The maximum atomic E-state index is 12.1. The van der Waals surface area contributed by atoms with E-state index in [4.69, 9.17) is 10.7 Å². The molecular weight excluding hydrogens is 307 g/mol. The van der Waals surface area contributed by atoms with Crippen LogP contribution in [0.2, 0.25) is 0 Å². The summed E-state index contributed by atoms with van der Waals surface area (Å²) in [4.78, 5) is 11.3. The molecule has 0 bridgehead atoms. The lowest BCUT2D eigenvalue weighted by atomic mass is 9.90. The minimum Gasteiger partial charge on any atom is -0.334 e. The predicted octanol–water partition coefficient (Wildman–Crippen LogP) is 2.04. The lowest BCUT2D eigenvalue weighted by Crippen LogP contribution is -2.54. The number of rotatable bonds is 3. The van der Waals surface area contributed by atoms with Gasteiger partial charge in [0.05, 0.1) is 4.91 Å². The Labute approximate surface area is 112 Å². The standard InChI is InChI=1S/C10H11ClF3NO3S/c1-3-8(6(2)19(11,17)18)7-4-15(5-7)9(16)10(12,13)14/h3,7H,1,4-5H2,2H3/b8-6-. The van der Waals surface area contributed by atoms with Crippen LogP contribution in [0.4, 0.5) is 13.2 Å². The number of hydrogen-bond acceptors (Lipinski definition) is 3. The number of carbonyl (C=O) groups excluding carboxylic acids is 1. The fraction of sp³-hybridized carbons (Fsp3) is 0.500. The first kappa shape index (κ1) is 16.0. The van der Waals surface area contributed by atoms with E-state index in [2.05, 4.69) is 6.58 Å². The highest BCUT2D eigenvalue weighted by molar-refractivity contribution is 8.16. The molecule has 0 spiro atoms. The van der Waals surface area contributed by atoms with Crippen molar-refractivity contribution in [3.63, 3.8) is 0 Å². The van der Waals surface area contributed by atoms with E-state index < -0.39 is 27.1 Å². The Morgan fingerprint density at radius 2 is 1.89 bits per heavy atom. The molecule has 0 aliphatic carbocycles. The molecule has 0 aromatic carbocycles. The van der Waals surface area contributed by atoms with Crippen LogP contribution in [0.25, 0.3) is 0 Å². The number of carbonyl (C=O) groups is 1. The predicted molar refractivity (Wildman–Crippen MR) is 63.8 cm³/mol. The summed E-state index contributed by atoms with van der Waals surface area (Å²) in [5.41, 5.74) is 0.237. The Morgan fingerprint density at radius 3 is 2.21 bits per heavy atom. The van der Waals surface area contributed by atoms with Crippen LogP contribution in [0, 0.1) is 5.92 Å². The third-order valence-corrected chi connectivity index (χ3v) is 4.50. The summed E-state index contributed by atoms with van der Waals surface area (Å²) in [5.74, 6) is -2.43. The van der Waals surface area contributed by atoms with Crippen molar-refractivity contribution >= 4 is 25.6 Å². The summed E-state index contributed by atoms with van der Waals surface area (Å²) >= 11 is 0. The molecular formula is C10H11ClF3NO3S. The molecule has 1 fully saturated rings. The number of amides is 1. The van der Waals surface area contributed by atoms with Crippen LogP contribution in [-0.4, -0.2) is 38.5 Å². The topological polar surface area (TPSA) is 54.5 Å². The van der Waals surface area contributed by atoms with Crippen molar-refractivity contribution in [2.24, 2.45) is 5.92 Å². The molecule has 1 aliphatic rings. The molecule has 0 unspecified atom stereocenters. The van der Waals surface area contributed by atoms with Crippen molar-refractivity contribution in [1.82, 2.24) is 4.90 Å². The van der Waals surface area contributed by atoms with Gasteiger partial charge in [-0.2, -0.15) is 13.2 Å². The average Bonchev–Trinajstić information content (AvgIpc) is 2.18. The average molecular weight is 318 g/mol. The molecule has 0 atom stereocenters. The maximum absolute atomic E-state index is 12.1. The molecule has 108 valence electrons. The van der Waals surface area contributed by atoms with Crippen LogP contribution in [0.15, 0.2) is 23.1 Å². The lowest BCUT2D eigenvalue weighted by Gasteiger charge is -2.40. The molecule has 1 amide bonds. The van der Waals surface area contributed by atoms with E-state index in [-0.39, 0.29) is 23.6 Å². The Kier molecular flexibility index (Phi) is 4.36. The summed E-state index contributed by atoms with van der Waals surface area (Å²) in [5, 5.41) is 0. The van der Waals surface area contributed by atoms with Gasteiger partial charge in [-0.25, -0.2) is 8.42 Å². The van der Waals surface area contributed by atoms with E-state index in [1.807, 2.05) is 0 Å². The van der Waals surface area contributed by atoms with E-state index >= 15 is 0 Å². The zero-order valence-corrected chi connectivity index (χ0v) is 11.4. The maximum Gasteiger partial charge on any atom is 0.471 e. The quantitative estimate of drug-likeness (QED) is 0.591. The number of halogens is 4. The van der Waals surface area contributed by atoms with E-state index in [1.165, 1.54) is 13.0 Å². The molecule has 0 saturated carbocycles. The van der Waals surface area contributed by atoms with Gasteiger partial charge in [-0.1, -0.05) is 12.7 Å². The number of likely N-dealkylation sites (tertiary alicyclic amines) is 1. The normalized spacial score (nSPS) is 18.7. The van der Waals surface area contributed by atoms with E-state index in [0.717, 1.165) is 0 Å². The van der Waals surface area contributed by atoms with Gasteiger partial charge in [0.2, 0.25) is 0 Å². The molecule has 0 radical (unpaired) electrons. The van der Waals surface area contributed by atoms with Crippen molar-refractivity contribution in [3.05, 3.63) is 23.1 Å². The molecule has 1 aliphatic heterocycles. The first-order valence-electron chi connectivity index (χ1n) is 5.12. The van der Waals surface area contributed by atoms with Crippen molar-refractivity contribution in [3.8, 4) is 0 Å². The van der Waals surface area contributed by atoms with Crippen molar-refractivity contribution in [2.75, 3.05) is 13.1 Å². The van der Waals surface area contributed by atoms with Crippen molar-refractivity contribution in [2.45, 2.75) is 13.1 Å². The van der Waals surface area contributed by atoms with Crippen LogP contribution in [0.3, 0.4) is 0 Å². The van der Waals surface area contributed by atoms with Crippen LogP contribution < -0.4 is 0 Å². The number of hydrogen-bond donors (Lipinski definition) is 0. The number of alkyl halides is 3. The Hall–Kier alpha value is -1.02. The Balaban J connectivity index is 2.84. The molecule has 0 aromatic heterocycles. The molecule has 4 nitrogen and oxygen atoms in total. The van der Waals surface area contributed by atoms with Gasteiger partial charge in [-0.3, -0.25) is 4.79 Å². The summed E-state index contributed by atoms with van der Waals surface area (Å²) < 4.78 is 58.7. The highest BCUT2D eigenvalue weighted by atomic mass is 35.7. The zero-order valence-electron chi connectivity index (χ0n) is 9.87. The van der Waals surface area contributed by atoms with Crippen molar-refractivity contribution in [1.29, 1.82) is 0 Å². The molecule has 1 saturated heterocycles. The Morgan fingerprint density at radius 1 is 1.42 bits per heavy atom. The van der Waals surface area contributed by atoms with Crippen molar-refractivity contribution < 1.29 is 26.4 Å². The fourth-order valence-electron chi connectivity index (χ4n) is 1.76. The fourth-order valence-corrected chi connectivity index (χ4v) is 2.56. The van der Waals surface area contributed by atoms with E-state index in [0.29, 0.717) is 4.90 Å². The number of nitrogens with zero attached hydrogens (tertiary/aromatic N) is 1. The van der Waals surface area contributed by atoms with Gasteiger partial charge < -0.3 is 4.90 Å². The van der Waals surface area contributed by atoms with Crippen LogP contribution in [0.1, 0.15) is 6.92 Å². The van der Waals surface area contributed by atoms with Crippen LogP contribution >= 0.6 is 10.7 Å². The third kappa shape index (κ3) is 3.50. The molecule has 1 rings (SSSR count). The van der Waals surface area contributed by atoms with Gasteiger partial charge in [0, 0.05) is 29.7 Å². The Bertz CT molecular complexity index is 533. The highest BCUT2D eigenvalue weighted by Crippen LogP contribution is 2.32. The van der Waals surface area contributed by atoms with Gasteiger partial charge in [0.1, 0.15) is 0 Å². The summed E-state index contributed by atoms with van der Waals surface area (Å²) in [6.07, 6.45) is -3.69. The van der Waals surface area contributed by atoms with Crippen LogP contribution in [-0.2, 0) is 13.8 Å². The monoisotopic (exact) mass is 317 g/mol. The van der Waals surface area contributed by atoms with Crippen LogP contribution in [0.5, 0.6) is 0 Å². The summed E-state index contributed by atoms with van der Waals surface area (Å²) in [6.45, 7) is 4.24. The third-order valence-electron chi connectivity index (χ3n) is 2.84. The molecule has 9 heteroatoms. The largest absolute Gasteiger partial charge is 0.471 e. The highest BCUT2D eigenvalue weighted by Gasteiger charge is 2.47. The molecule has 1 heterocycles. The minimum atomic E-state index is -4.92.